The van der Waals surface area contributed by atoms with Crippen molar-refractivity contribution in [1.29, 1.82) is 0 Å². The fraction of sp³-hybridized carbons (Fsp3) is 0.176. The number of nitrogens with one attached hydrogen (secondary N) is 3. The van der Waals surface area contributed by atoms with E-state index in [-0.39, 0.29) is 12.5 Å². The summed E-state index contributed by atoms with van der Waals surface area (Å²) in [7, 11) is 1.62. The number of thiocarbonyl (C=S) groups is 1. The third-order valence-electron chi connectivity index (χ3n) is 3.09. The van der Waals surface area contributed by atoms with Crippen LogP contribution in [-0.4, -0.2) is 24.7 Å². The van der Waals surface area contributed by atoms with Gasteiger partial charge in [0.15, 0.2) is 11.7 Å². The molecular formula is C17H18ClN3O3S. The standard InChI is InChI=1S/C17H18ClN3O3S/c1-23-14-7-5-12(6-8-14)10-19-17(25)21-20-16(22)11-24-15-4-2-3-13(18)9-15/h2-9H,10-11H2,1H3,(H,20,22)(H2,19,21,25). The highest BCUT2D eigenvalue weighted by Crippen LogP contribution is 2.16. The van der Waals surface area contributed by atoms with Crippen molar-refractivity contribution in [2.45, 2.75) is 6.54 Å². The van der Waals surface area contributed by atoms with Gasteiger partial charge in [-0.1, -0.05) is 29.8 Å². The van der Waals surface area contributed by atoms with Crippen molar-refractivity contribution in [2.24, 2.45) is 0 Å². The Hall–Kier alpha value is -2.51. The number of methoxy groups -OCH3 is 1. The van der Waals surface area contributed by atoms with E-state index in [4.69, 9.17) is 33.3 Å². The quantitative estimate of drug-likeness (QED) is 0.529. The Morgan fingerprint density at radius 2 is 1.88 bits per heavy atom. The molecule has 8 heteroatoms. The highest BCUT2D eigenvalue weighted by Gasteiger charge is 2.04. The van der Waals surface area contributed by atoms with Crippen LogP contribution in [0.25, 0.3) is 0 Å². The Balaban J connectivity index is 1.65. The van der Waals surface area contributed by atoms with Crippen molar-refractivity contribution in [2.75, 3.05) is 13.7 Å². The largest absolute Gasteiger partial charge is 0.497 e. The molecule has 1 amide bonds. The Morgan fingerprint density at radius 3 is 2.56 bits per heavy atom. The summed E-state index contributed by atoms with van der Waals surface area (Å²) in [6.07, 6.45) is 0. The molecule has 0 atom stereocenters. The lowest BCUT2D eigenvalue weighted by atomic mass is 10.2. The summed E-state index contributed by atoms with van der Waals surface area (Å²) in [5.74, 6) is 0.938. The van der Waals surface area contributed by atoms with E-state index in [9.17, 15) is 4.79 Å². The molecule has 0 unspecified atom stereocenters. The van der Waals surface area contributed by atoms with Crippen LogP contribution in [0.4, 0.5) is 0 Å². The zero-order valence-corrected chi connectivity index (χ0v) is 15.1. The molecule has 0 aromatic heterocycles. The van der Waals surface area contributed by atoms with Crippen molar-refractivity contribution < 1.29 is 14.3 Å². The number of halogens is 1. The second kappa shape index (κ2) is 9.71. The lowest BCUT2D eigenvalue weighted by Gasteiger charge is -2.12. The average molecular weight is 380 g/mol. The van der Waals surface area contributed by atoms with Crippen LogP contribution in [0.2, 0.25) is 5.02 Å². The van der Waals surface area contributed by atoms with Crippen LogP contribution in [0.15, 0.2) is 48.5 Å². The monoisotopic (exact) mass is 379 g/mol. The average Bonchev–Trinajstić information content (AvgIpc) is 2.63. The van der Waals surface area contributed by atoms with Gasteiger partial charge in [-0.2, -0.15) is 0 Å². The van der Waals surface area contributed by atoms with Crippen LogP contribution in [0.1, 0.15) is 5.56 Å². The van der Waals surface area contributed by atoms with E-state index in [1.807, 2.05) is 24.3 Å². The molecule has 2 aromatic rings. The van der Waals surface area contributed by atoms with E-state index in [0.29, 0.717) is 22.4 Å². The van der Waals surface area contributed by atoms with E-state index in [1.165, 1.54) is 0 Å². The smallest absolute Gasteiger partial charge is 0.276 e. The van der Waals surface area contributed by atoms with Crippen LogP contribution >= 0.6 is 23.8 Å². The van der Waals surface area contributed by atoms with Crippen molar-refractivity contribution in [1.82, 2.24) is 16.2 Å². The van der Waals surface area contributed by atoms with Gasteiger partial charge >= 0.3 is 0 Å². The number of carbonyl (C=O) groups is 1. The second-order valence-corrected chi connectivity index (χ2v) is 5.79. The highest BCUT2D eigenvalue weighted by atomic mass is 35.5. The molecule has 0 bridgehead atoms. The van der Waals surface area contributed by atoms with Crippen molar-refractivity contribution in [3.8, 4) is 11.5 Å². The third kappa shape index (κ3) is 6.86. The first-order chi connectivity index (χ1) is 12.1. The molecule has 0 fully saturated rings. The highest BCUT2D eigenvalue weighted by molar-refractivity contribution is 7.80. The molecule has 25 heavy (non-hydrogen) atoms. The Bertz CT molecular complexity index is 725. The van der Waals surface area contributed by atoms with Crippen LogP contribution in [-0.2, 0) is 11.3 Å². The number of benzene rings is 2. The molecule has 0 aliphatic carbocycles. The maximum Gasteiger partial charge on any atom is 0.276 e. The molecule has 2 aromatic carbocycles. The van der Waals surface area contributed by atoms with Crippen LogP contribution < -0.4 is 25.6 Å². The number of hydrogen-bond acceptors (Lipinski definition) is 4. The predicted molar refractivity (Wildman–Crippen MR) is 101 cm³/mol. The predicted octanol–water partition coefficient (Wildman–Crippen LogP) is 2.42. The van der Waals surface area contributed by atoms with Gasteiger partial charge < -0.3 is 14.8 Å². The van der Waals surface area contributed by atoms with Gasteiger partial charge in [0, 0.05) is 11.6 Å². The van der Waals surface area contributed by atoms with Crippen molar-refractivity contribution >= 4 is 34.8 Å². The van der Waals surface area contributed by atoms with E-state index in [0.717, 1.165) is 11.3 Å². The molecular weight excluding hydrogens is 362 g/mol. The number of rotatable bonds is 6. The number of hydrazine groups is 1. The lowest BCUT2D eigenvalue weighted by Crippen LogP contribution is -2.48. The Kier molecular flexibility index (Phi) is 7.31. The van der Waals surface area contributed by atoms with Crippen LogP contribution in [0, 0.1) is 0 Å². The summed E-state index contributed by atoms with van der Waals surface area (Å²) >= 11 is 10.9. The van der Waals surface area contributed by atoms with Gasteiger partial charge in [-0.25, -0.2) is 0 Å². The van der Waals surface area contributed by atoms with E-state index in [1.54, 1.807) is 31.4 Å². The van der Waals surface area contributed by atoms with Gasteiger partial charge in [0.05, 0.1) is 7.11 Å². The first-order valence-corrected chi connectivity index (χ1v) is 8.19. The maximum atomic E-state index is 11.7. The fourth-order valence-electron chi connectivity index (χ4n) is 1.84. The molecule has 0 aliphatic heterocycles. The Morgan fingerprint density at radius 1 is 1.12 bits per heavy atom. The van der Waals surface area contributed by atoms with Crippen LogP contribution in [0.3, 0.4) is 0 Å². The minimum absolute atomic E-state index is 0.158. The first kappa shape index (κ1) is 18.8. The molecule has 0 spiro atoms. The normalized spacial score (nSPS) is 9.84. The summed E-state index contributed by atoms with van der Waals surface area (Å²) in [5.41, 5.74) is 6.09. The minimum atomic E-state index is -0.367. The molecule has 2 rings (SSSR count). The zero-order chi connectivity index (χ0) is 18.1. The SMILES string of the molecule is COc1ccc(CNC(=S)NNC(=O)COc2cccc(Cl)c2)cc1. The molecule has 6 nitrogen and oxygen atoms in total. The minimum Gasteiger partial charge on any atom is -0.497 e. The molecule has 0 saturated heterocycles. The van der Waals surface area contributed by atoms with Crippen LogP contribution in [0.5, 0.6) is 11.5 Å². The summed E-state index contributed by atoms with van der Waals surface area (Å²) in [5, 5.41) is 3.82. The maximum absolute atomic E-state index is 11.7. The van der Waals surface area contributed by atoms with Gasteiger partial charge in [0.1, 0.15) is 11.5 Å². The van der Waals surface area contributed by atoms with E-state index >= 15 is 0 Å². The summed E-state index contributed by atoms with van der Waals surface area (Å²) < 4.78 is 10.4. The molecule has 3 N–H and O–H groups in total. The fourth-order valence-corrected chi connectivity index (χ4v) is 2.14. The van der Waals surface area contributed by atoms with Gasteiger partial charge in [0.25, 0.3) is 5.91 Å². The van der Waals surface area contributed by atoms with Crippen molar-refractivity contribution in [3.63, 3.8) is 0 Å². The first-order valence-electron chi connectivity index (χ1n) is 7.41. The molecule has 0 saturated carbocycles. The molecule has 0 aliphatic rings. The van der Waals surface area contributed by atoms with Gasteiger partial charge in [0.2, 0.25) is 0 Å². The van der Waals surface area contributed by atoms with Crippen molar-refractivity contribution in [3.05, 3.63) is 59.1 Å². The lowest BCUT2D eigenvalue weighted by molar-refractivity contribution is -0.123. The van der Waals surface area contributed by atoms with Gasteiger partial charge in [-0.15, -0.1) is 0 Å². The number of carbonyl (C=O) groups excluding carboxylic acids is 1. The summed E-state index contributed by atoms with van der Waals surface area (Å²) in [4.78, 5) is 11.7. The number of ether oxygens (including phenoxy) is 2. The summed E-state index contributed by atoms with van der Waals surface area (Å²) in [6.45, 7) is 0.360. The van der Waals surface area contributed by atoms with Gasteiger partial charge in [-0.3, -0.25) is 15.6 Å². The molecule has 132 valence electrons. The zero-order valence-electron chi connectivity index (χ0n) is 13.5. The number of amides is 1. The topological polar surface area (TPSA) is 71.6 Å². The summed E-state index contributed by atoms with van der Waals surface area (Å²) in [6, 6.07) is 14.4. The second-order valence-electron chi connectivity index (χ2n) is 4.95. The molecule has 0 radical (unpaired) electrons. The van der Waals surface area contributed by atoms with Gasteiger partial charge in [-0.05, 0) is 48.1 Å². The Labute approximate surface area is 156 Å². The number of hydrogen-bond donors (Lipinski definition) is 3. The van der Waals surface area contributed by atoms with E-state index < -0.39 is 0 Å². The third-order valence-corrected chi connectivity index (χ3v) is 3.58. The van der Waals surface area contributed by atoms with E-state index in [2.05, 4.69) is 16.2 Å². The molecule has 0 heterocycles.